The largest absolute Gasteiger partial charge is 0.382 e. The number of amides is 1. The fraction of sp³-hybridized carbons (Fsp3) is 0.909. The van der Waals surface area contributed by atoms with Gasteiger partial charge in [-0.05, 0) is 26.3 Å². The molecule has 1 fully saturated rings. The van der Waals surface area contributed by atoms with Crippen molar-refractivity contribution in [3.63, 3.8) is 0 Å². The van der Waals surface area contributed by atoms with Gasteiger partial charge in [0.2, 0.25) is 5.91 Å². The van der Waals surface area contributed by atoms with Crippen molar-refractivity contribution in [1.29, 1.82) is 0 Å². The Bertz CT molecular complexity index is 247. The second-order valence-electron chi connectivity index (χ2n) is 4.93. The van der Waals surface area contributed by atoms with Crippen LogP contribution in [0.2, 0.25) is 0 Å². The zero-order valence-electron chi connectivity index (χ0n) is 10.3. The summed E-state index contributed by atoms with van der Waals surface area (Å²) < 4.78 is 0. The number of likely N-dealkylation sites (tertiary alicyclic amines) is 1. The van der Waals surface area contributed by atoms with Crippen molar-refractivity contribution in [2.24, 2.45) is 11.7 Å². The molecule has 1 aliphatic rings. The number of carbonyl (C=O) groups is 1. The minimum absolute atomic E-state index is 0.251. The maximum atomic E-state index is 10.7. The van der Waals surface area contributed by atoms with Gasteiger partial charge >= 0.3 is 0 Å². The minimum atomic E-state index is -1.08. The number of aliphatic hydroxyl groups is 1. The van der Waals surface area contributed by atoms with E-state index in [0.717, 1.165) is 13.0 Å². The Morgan fingerprint density at radius 3 is 2.81 bits per heavy atom. The normalized spacial score (nSPS) is 33.6. The molecule has 5 nitrogen and oxygen atoms in total. The Hall–Kier alpha value is -0.650. The van der Waals surface area contributed by atoms with Crippen LogP contribution in [0.15, 0.2) is 0 Å². The van der Waals surface area contributed by atoms with Crippen LogP contribution >= 0.6 is 0 Å². The second kappa shape index (κ2) is 5.61. The quantitative estimate of drug-likeness (QED) is 0.587. The molecule has 0 aliphatic carbocycles. The molecule has 1 heterocycles. The number of aliphatic hydroxyl groups excluding tert-OH is 1. The number of nitrogens with two attached hydrogens (primary N) is 1. The van der Waals surface area contributed by atoms with Gasteiger partial charge in [0.15, 0.2) is 0 Å². The van der Waals surface area contributed by atoms with Gasteiger partial charge in [-0.2, -0.15) is 0 Å². The number of nitrogens with one attached hydrogen (secondary N) is 1. The molecule has 4 N–H and O–H groups in total. The van der Waals surface area contributed by atoms with Crippen LogP contribution in [0.3, 0.4) is 0 Å². The molecule has 0 saturated carbocycles. The molecule has 0 bridgehead atoms. The summed E-state index contributed by atoms with van der Waals surface area (Å²) in [6.07, 6.45) is -0.0504. The van der Waals surface area contributed by atoms with Gasteiger partial charge in [0.1, 0.15) is 6.10 Å². The third-order valence-corrected chi connectivity index (χ3v) is 3.51. The van der Waals surface area contributed by atoms with E-state index >= 15 is 0 Å². The van der Waals surface area contributed by atoms with E-state index in [4.69, 9.17) is 5.73 Å². The summed E-state index contributed by atoms with van der Waals surface area (Å²) >= 11 is 0. The molecular weight excluding hydrogens is 206 g/mol. The molecule has 1 amide bonds. The van der Waals surface area contributed by atoms with Gasteiger partial charge in [0, 0.05) is 25.2 Å². The Morgan fingerprint density at radius 2 is 2.25 bits per heavy atom. The topological polar surface area (TPSA) is 78.6 Å². The molecule has 16 heavy (non-hydrogen) atoms. The average Bonchev–Trinajstić information content (AvgIpc) is 2.20. The van der Waals surface area contributed by atoms with Crippen LogP contribution in [0.5, 0.6) is 0 Å². The van der Waals surface area contributed by atoms with Crippen LogP contribution in [0, 0.1) is 5.92 Å². The molecule has 1 aliphatic heterocycles. The van der Waals surface area contributed by atoms with E-state index in [9.17, 15) is 9.90 Å². The molecule has 4 unspecified atom stereocenters. The smallest absolute Gasteiger partial charge is 0.247 e. The first-order chi connectivity index (χ1) is 7.41. The highest BCUT2D eigenvalue weighted by Gasteiger charge is 2.29. The highest BCUT2D eigenvalue weighted by Crippen LogP contribution is 2.20. The molecule has 1 rings (SSSR count). The summed E-state index contributed by atoms with van der Waals surface area (Å²) in [6, 6.07) is 0.875. The number of piperidine rings is 1. The predicted octanol–water partition coefficient (Wildman–Crippen LogP) is -0.849. The number of hydrogen-bond acceptors (Lipinski definition) is 4. The number of rotatable bonds is 4. The average molecular weight is 229 g/mol. The lowest BCUT2D eigenvalue weighted by Gasteiger charge is -2.40. The molecule has 1 saturated heterocycles. The molecule has 5 heteroatoms. The summed E-state index contributed by atoms with van der Waals surface area (Å²) in [5, 5.41) is 12.5. The van der Waals surface area contributed by atoms with Crippen LogP contribution in [-0.4, -0.2) is 54.2 Å². The predicted molar refractivity (Wildman–Crippen MR) is 62.9 cm³/mol. The molecule has 0 aromatic rings. The Kier molecular flexibility index (Phi) is 4.70. The van der Waals surface area contributed by atoms with E-state index in [0.29, 0.717) is 18.0 Å². The third-order valence-electron chi connectivity index (χ3n) is 3.51. The first-order valence-corrected chi connectivity index (χ1v) is 5.82. The maximum Gasteiger partial charge on any atom is 0.247 e. The number of primary amides is 1. The Balaban J connectivity index is 2.39. The van der Waals surface area contributed by atoms with Gasteiger partial charge in [0.25, 0.3) is 0 Å². The highest BCUT2D eigenvalue weighted by molar-refractivity contribution is 5.78. The number of carbonyl (C=O) groups excluding carboxylic acids is 1. The van der Waals surface area contributed by atoms with Gasteiger partial charge < -0.3 is 21.1 Å². The van der Waals surface area contributed by atoms with Gasteiger partial charge in [-0.3, -0.25) is 4.79 Å². The molecule has 0 aromatic heterocycles. The fourth-order valence-electron chi connectivity index (χ4n) is 2.19. The van der Waals surface area contributed by atoms with Crippen molar-refractivity contribution in [2.75, 3.05) is 20.1 Å². The number of nitrogens with zero attached hydrogens (tertiary/aromatic N) is 1. The molecule has 94 valence electrons. The summed E-state index contributed by atoms with van der Waals surface area (Å²) in [5.74, 6) is -0.151. The van der Waals surface area contributed by atoms with Crippen molar-refractivity contribution in [3.05, 3.63) is 0 Å². The van der Waals surface area contributed by atoms with Crippen LogP contribution < -0.4 is 11.1 Å². The Labute approximate surface area is 97.0 Å². The van der Waals surface area contributed by atoms with E-state index < -0.39 is 12.0 Å². The van der Waals surface area contributed by atoms with Gasteiger partial charge in [-0.25, -0.2) is 0 Å². The molecule has 0 spiro atoms. The first-order valence-electron chi connectivity index (χ1n) is 5.82. The monoisotopic (exact) mass is 229 g/mol. The lowest BCUT2D eigenvalue weighted by molar-refractivity contribution is -0.125. The third kappa shape index (κ3) is 3.43. The standard InChI is InChI=1S/C11H23N3O2/c1-7-6-14(3)8(2)4-9(7)13-5-10(15)11(12)16/h7-10,13,15H,4-6H2,1-3H3,(H2,12,16). The lowest BCUT2D eigenvalue weighted by Crippen LogP contribution is -2.53. The van der Waals surface area contributed by atoms with Crippen LogP contribution in [0.25, 0.3) is 0 Å². The maximum absolute atomic E-state index is 10.7. The first kappa shape index (κ1) is 13.4. The molecule has 0 aromatic carbocycles. The van der Waals surface area contributed by atoms with Crippen LogP contribution in [-0.2, 0) is 4.79 Å². The molecular formula is C11H23N3O2. The van der Waals surface area contributed by atoms with E-state index in [2.05, 4.69) is 31.1 Å². The minimum Gasteiger partial charge on any atom is -0.382 e. The summed E-state index contributed by atoms with van der Waals surface area (Å²) in [7, 11) is 2.12. The van der Waals surface area contributed by atoms with E-state index in [1.807, 2.05) is 0 Å². The van der Waals surface area contributed by atoms with E-state index in [-0.39, 0.29) is 6.54 Å². The van der Waals surface area contributed by atoms with Crippen molar-refractivity contribution in [2.45, 2.75) is 38.5 Å². The summed E-state index contributed by atoms with van der Waals surface area (Å²) in [4.78, 5) is 13.0. The lowest BCUT2D eigenvalue weighted by atomic mass is 9.90. The van der Waals surface area contributed by atoms with E-state index in [1.54, 1.807) is 0 Å². The van der Waals surface area contributed by atoms with Gasteiger partial charge in [-0.15, -0.1) is 0 Å². The fourth-order valence-corrected chi connectivity index (χ4v) is 2.19. The van der Waals surface area contributed by atoms with Gasteiger partial charge in [-0.1, -0.05) is 6.92 Å². The molecule has 4 atom stereocenters. The SMILES string of the molecule is CC1CN(C)C(C)CC1NCC(O)C(N)=O. The Morgan fingerprint density at radius 1 is 1.62 bits per heavy atom. The van der Waals surface area contributed by atoms with E-state index in [1.165, 1.54) is 0 Å². The summed E-state index contributed by atoms with van der Waals surface area (Å²) in [6.45, 7) is 5.65. The van der Waals surface area contributed by atoms with Crippen molar-refractivity contribution >= 4 is 5.91 Å². The summed E-state index contributed by atoms with van der Waals surface area (Å²) in [5.41, 5.74) is 5.00. The second-order valence-corrected chi connectivity index (χ2v) is 4.93. The van der Waals surface area contributed by atoms with Crippen LogP contribution in [0.1, 0.15) is 20.3 Å². The zero-order valence-corrected chi connectivity index (χ0v) is 10.3. The number of hydrogen-bond donors (Lipinski definition) is 3. The van der Waals surface area contributed by atoms with Crippen LogP contribution in [0.4, 0.5) is 0 Å². The highest BCUT2D eigenvalue weighted by atomic mass is 16.3. The molecule has 0 radical (unpaired) electrons. The zero-order chi connectivity index (χ0) is 12.3. The van der Waals surface area contributed by atoms with Gasteiger partial charge in [0.05, 0.1) is 0 Å². The van der Waals surface area contributed by atoms with Crippen molar-refractivity contribution < 1.29 is 9.90 Å². The van der Waals surface area contributed by atoms with Crippen molar-refractivity contribution in [1.82, 2.24) is 10.2 Å². The van der Waals surface area contributed by atoms with Crippen molar-refractivity contribution in [3.8, 4) is 0 Å².